The number of benzene rings is 2. The van der Waals surface area contributed by atoms with Gasteiger partial charge in [0.2, 0.25) is 0 Å². The Balaban J connectivity index is 2.22. The Morgan fingerprint density at radius 1 is 1.20 bits per heavy atom. The first-order valence-electron chi connectivity index (χ1n) is 6.66. The number of nitriles is 1. The van der Waals surface area contributed by atoms with Crippen molar-refractivity contribution in [1.82, 2.24) is 0 Å². The maximum absolute atomic E-state index is 13.3. The highest BCUT2D eigenvalue weighted by molar-refractivity contribution is 5.51. The summed E-state index contributed by atoms with van der Waals surface area (Å²) in [6, 6.07) is 14.9. The van der Waals surface area contributed by atoms with Crippen LogP contribution in [0.15, 0.2) is 42.5 Å². The van der Waals surface area contributed by atoms with E-state index in [1.807, 2.05) is 6.07 Å². The zero-order valence-corrected chi connectivity index (χ0v) is 11.7. The molecule has 1 atom stereocenters. The summed E-state index contributed by atoms with van der Waals surface area (Å²) >= 11 is 0. The molecule has 0 aliphatic rings. The van der Waals surface area contributed by atoms with Gasteiger partial charge in [-0.1, -0.05) is 36.8 Å². The zero-order valence-electron chi connectivity index (χ0n) is 11.7. The largest absolute Gasteiger partial charge is 0.378 e. The molecule has 0 heterocycles. The molecule has 2 aromatic rings. The van der Waals surface area contributed by atoms with E-state index >= 15 is 0 Å². The van der Waals surface area contributed by atoms with Crippen molar-refractivity contribution < 1.29 is 4.39 Å². The molecule has 0 saturated heterocycles. The van der Waals surface area contributed by atoms with Gasteiger partial charge in [-0.05, 0) is 37.1 Å². The van der Waals surface area contributed by atoms with Crippen LogP contribution in [0.25, 0.3) is 0 Å². The van der Waals surface area contributed by atoms with Gasteiger partial charge in [0.1, 0.15) is 11.9 Å². The number of aryl methyl sites for hydroxylation is 1. The molecule has 0 aliphatic carbocycles. The Labute approximate surface area is 118 Å². The van der Waals surface area contributed by atoms with Gasteiger partial charge in [0.25, 0.3) is 0 Å². The molecular formula is C17H17FN2. The Hall–Kier alpha value is -2.34. The molecular weight excluding hydrogens is 251 g/mol. The van der Waals surface area contributed by atoms with Gasteiger partial charge < -0.3 is 5.32 Å². The Morgan fingerprint density at radius 2 is 1.90 bits per heavy atom. The van der Waals surface area contributed by atoms with Gasteiger partial charge in [0.15, 0.2) is 0 Å². The van der Waals surface area contributed by atoms with Crippen molar-refractivity contribution in [2.24, 2.45) is 0 Å². The molecule has 102 valence electrons. The van der Waals surface area contributed by atoms with Gasteiger partial charge in [-0.2, -0.15) is 5.26 Å². The third-order valence-electron chi connectivity index (χ3n) is 3.32. The van der Waals surface area contributed by atoms with Gasteiger partial charge in [-0.25, -0.2) is 4.39 Å². The third kappa shape index (κ3) is 3.16. The minimum Gasteiger partial charge on any atom is -0.378 e. The number of anilines is 1. The first-order chi connectivity index (χ1) is 9.63. The van der Waals surface area contributed by atoms with Crippen molar-refractivity contribution in [3.05, 3.63) is 65.0 Å². The number of hydrogen-bond acceptors (Lipinski definition) is 2. The predicted molar refractivity (Wildman–Crippen MR) is 78.9 cm³/mol. The first kappa shape index (κ1) is 14.1. The van der Waals surface area contributed by atoms with Crippen molar-refractivity contribution in [1.29, 1.82) is 5.26 Å². The van der Waals surface area contributed by atoms with Crippen LogP contribution < -0.4 is 5.32 Å². The lowest BCUT2D eigenvalue weighted by Gasteiger charge is -2.19. The molecule has 0 amide bonds. The molecule has 0 bridgehead atoms. The van der Waals surface area contributed by atoms with Crippen LogP contribution in [-0.2, 0) is 0 Å². The van der Waals surface area contributed by atoms with E-state index in [9.17, 15) is 4.39 Å². The second kappa shape index (κ2) is 6.21. The van der Waals surface area contributed by atoms with Gasteiger partial charge in [-0.15, -0.1) is 0 Å². The van der Waals surface area contributed by atoms with Gasteiger partial charge >= 0.3 is 0 Å². The summed E-state index contributed by atoms with van der Waals surface area (Å²) in [6.45, 7) is 4.14. The standard InChI is InChI=1S/C17H17FN2/c1-3-17(13-6-4-12(2)5-7-13)20-15-8-9-16(18)14(10-15)11-19/h4-10,17,20H,3H2,1-2H3. The molecule has 3 heteroatoms. The highest BCUT2D eigenvalue weighted by Crippen LogP contribution is 2.24. The van der Waals surface area contributed by atoms with Crippen LogP contribution in [-0.4, -0.2) is 0 Å². The Morgan fingerprint density at radius 3 is 2.50 bits per heavy atom. The number of nitrogens with zero attached hydrogens (tertiary/aromatic N) is 1. The summed E-state index contributed by atoms with van der Waals surface area (Å²) in [5, 5.41) is 12.2. The third-order valence-corrected chi connectivity index (χ3v) is 3.32. The van der Waals surface area contributed by atoms with E-state index < -0.39 is 5.82 Å². The summed E-state index contributed by atoms with van der Waals surface area (Å²) in [6.07, 6.45) is 0.905. The molecule has 0 aromatic heterocycles. The van der Waals surface area contributed by atoms with Crippen LogP contribution in [0.1, 0.15) is 36.1 Å². The van der Waals surface area contributed by atoms with Crippen LogP contribution in [0.4, 0.5) is 10.1 Å². The second-order valence-corrected chi connectivity index (χ2v) is 4.82. The normalized spacial score (nSPS) is 11.7. The maximum Gasteiger partial charge on any atom is 0.141 e. The van der Waals surface area contributed by atoms with Crippen LogP contribution in [0.3, 0.4) is 0 Å². The Bertz CT molecular complexity index is 626. The monoisotopic (exact) mass is 268 g/mol. The van der Waals surface area contributed by atoms with Gasteiger partial charge in [0, 0.05) is 5.69 Å². The SMILES string of the molecule is CCC(Nc1ccc(F)c(C#N)c1)c1ccc(C)cc1. The highest BCUT2D eigenvalue weighted by atomic mass is 19.1. The molecule has 2 nitrogen and oxygen atoms in total. The Kier molecular flexibility index (Phi) is 4.37. The van der Waals surface area contributed by atoms with E-state index in [2.05, 4.69) is 43.4 Å². The average Bonchev–Trinajstić information content (AvgIpc) is 2.47. The minimum absolute atomic E-state index is 0.0637. The fraction of sp³-hybridized carbons (Fsp3) is 0.235. The fourth-order valence-electron chi connectivity index (χ4n) is 2.12. The molecule has 20 heavy (non-hydrogen) atoms. The number of nitrogens with one attached hydrogen (secondary N) is 1. The molecule has 0 saturated carbocycles. The van der Waals surface area contributed by atoms with Crippen molar-refractivity contribution in [2.75, 3.05) is 5.32 Å². The molecule has 0 spiro atoms. The number of hydrogen-bond donors (Lipinski definition) is 1. The summed E-state index contributed by atoms with van der Waals surface area (Å²) in [5.74, 6) is -0.485. The topological polar surface area (TPSA) is 35.8 Å². The van der Waals surface area contributed by atoms with E-state index in [4.69, 9.17) is 5.26 Å². The summed E-state index contributed by atoms with van der Waals surface area (Å²) in [5.41, 5.74) is 3.22. The lowest BCUT2D eigenvalue weighted by atomic mass is 10.0. The lowest BCUT2D eigenvalue weighted by molar-refractivity contribution is 0.624. The van der Waals surface area contributed by atoms with Crippen molar-refractivity contribution in [3.63, 3.8) is 0 Å². The number of rotatable bonds is 4. The highest BCUT2D eigenvalue weighted by Gasteiger charge is 2.10. The van der Waals surface area contributed by atoms with E-state index in [1.54, 1.807) is 12.1 Å². The lowest BCUT2D eigenvalue weighted by Crippen LogP contribution is -2.10. The molecule has 2 aromatic carbocycles. The van der Waals surface area contributed by atoms with Crippen LogP contribution in [0.5, 0.6) is 0 Å². The number of halogens is 1. The van der Waals surface area contributed by atoms with Gasteiger partial charge in [-0.3, -0.25) is 0 Å². The average molecular weight is 268 g/mol. The summed E-state index contributed by atoms with van der Waals surface area (Å²) in [4.78, 5) is 0. The van der Waals surface area contributed by atoms with Gasteiger partial charge in [0.05, 0.1) is 11.6 Å². The maximum atomic E-state index is 13.3. The van der Waals surface area contributed by atoms with Crippen LogP contribution in [0.2, 0.25) is 0 Å². The molecule has 0 aliphatic heterocycles. The minimum atomic E-state index is -0.485. The van der Waals surface area contributed by atoms with E-state index in [-0.39, 0.29) is 11.6 Å². The van der Waals surface area contributed by atoms with Crippen molar-refractivity contribution in [2.45, 2.75) is 26.3 Å². The zero-order chi connectivity index (χ0) is 14.5. The van der Waals surface area contributed by atoms with E-state index in [1.165, 1.54) is 17.2 Å². The van der Waals surface area contributed by atoms with E-state index in [0.717, 1.165) is 12.1 Å². The predicted octanol–water partition coefficient (Wildman–Crippen LogP) is 4.57. The molecule has 0 fully saturated rings. The molecule has 1 unspecified atom stereocenters. The molecule has 2 rings (SSSR count). The van der Waals surface area contributed by atoms with Crippen molar-refractivity contribution in [3.8, 4) is 6.07 Å². The van der Waals surface area contributed by atoms with Crippen LogP contribution >= 0.6 is 0 Å². The molecule has 1 N–H and O–H groups in total. The first-order valence-corrected chi connectivity index (χ1v) is 6.66. The summed E-state index contributed by atoms with van der Waals surface area (Å²) in [7, 11) is 0. The quantitative estimate of drug-likeness (QED) is 0.881. The second-order valence-electron chi connectivity index (χ2n) is 4.82. The summed E-state index contributed by atoms with van der Waals surface area (Å²) < 4.78 is 13.3. The smallest absolute Gasteiger partial charge is 0.141 e. The van der Waals surface area contributed by atoms with E-state index in [0.29, 0.717) is 0 Å². The fourth-order valence-corrected chi connectivity index (χ4v) is 2.12. The van der Waals surface area contributed by atoms with Crippen LogP contribution in [0, 0.1) is 24.1 Å². The molecule has 0 radical (unpaired) electrons. The van der Waals surface area contributed by atoms with Crippen molar-refractivity contribution >= 4 is 5.69 Å².